The molecule has 2 aromatic rings. The van der Waals surface area contributed by atoms with Crippen molar-refractivity contribution in [1.29, 1.82) is 0 Å². The molecule has 2 aromatic heterocycles. The number of rotatable bonds is 8. The van der Waals surface area contributed by atoms with Crippen molar-refractivity contribution in [2.75, 3.05) is 18.4 Å². The Kier molecular flexibility index (Phi) is 8.31. The summed E-state index contributed by atoms with van der Waals surface area (Å²) >= 11 is 1.46. The molecule has 1 saturated carbocycles. The zero-order valence-electron chi connectivity index (χ0n) is 20.3. The van der Waals surface area contributed by atoms with Crippen molar-refractivity contribution in [3.63, 3.8) is 0 Å². The molecule has 0 radical (unpaired) electrons. The molecule has 9 nitrogen and oxygen atoms in total. The van der Waals surface area contributed by atoms with Gasteiger partial charge in [0.25, 0.3) is 0 Å². The van der Waals surface area contributed by atoms with Gasteiger partial charge in [0.1, 0.15) is 5.54 Å². The van der Waals surface area contributed by atoms with Gasteiger partial charge in [0.05, 0.1) is 5.69 Å². The summed E-state index contributed by atoms with van der Waals surface area (Å²) in [5.74, 6) is 1.45. The van der Waals surface area contributed by atoms with Crippen LogP contribution in [-0.4, -0.2) is 44.9 Å². The minimum atomic E-state index is -0.574. The number of hydrogen-bond donors (Lipinski definition) is 2. The van der Waals surface area contributed by atoms with Crippen molar-refractivity contribution < 1.29 is 14.1 Å². The first-order valence-corrected chi connectivity index (χ1v) is 13.4. The van der Waals surface area contributed by atoms with Crippen LogP contribution in [0.5, 0.6) is 0 Å². The molecule has 2 fully saturated rings. The molecule has 1 aliphatic heterocycles. The smallest absolute Gasteiger partial charge is 0.227 e. The van der Waals surface area contributed by atoms with E-state index in [0.717, 1.165) is 69.8 Å². The van der Waals surface area contributed by atoms with Crippen LogP contribution in [-0.2, 0) is 28.1 Å². The minimum Gasteiger partial charge on any atom is -0.343 e. The third-order valence-corrected chi connectivity index (χ3v) is 7.57. The van der Waals surface area contributed by atoms with Gasteiger partial charge in [-0.1, -0.05) is 37.8 Å². The maximum Gasteiger partial charge on any atom is 0.227 e. The Labute approximate surface area is 205 Å². The summed E-state index contributed by atoms with van der Waals surface area (Å²) in [5, 5.41) is 12.8. The average Bonchev–Trinajstić information content (AvgIpc) is 3.38. The van der Waals surface area contributed by atoms with E-state index >= 15 is 0 Å². The van der Waals surface area contributed by atoms with E-state index in [4.69, 9.17) is 4.52 Å². The summed E-state index contributed by atoms with van der Waals surface area (Å²) in [6.45, 7) is 6.86. The lowest BCUT2D eigenvalue weighted by molar-refractivity contribution is -0.121. The summed E-state index contributed by atoms with van der Waals surface area (Å²) < 4.78 is 5.45. The van der Waals surface area contributed by atoms with E-state index in [1.165, 1.54) is 31.1 Å². The van der Waals surface area contributed by atoms with E-state index in [9.17, 15) is 9.59 Å². The molecule has 0 aromatic carbocycles. The molecule has 1 atom stereocenters. The van der Waals surface area contributed by atoms with Gasteiger partial charge < -0.3 is 15.2 Å². The molecule has 2 amide bonds. The SMILES string of the molecule is CC(=O)NC1(c2noc(CCC(=O)Nc3nc(CN4CCCC(C)C4)cs3)n2)CCCCCC1. The number of piperidine rings is 1. The molecule has 4 rings (SSSR count). The third kappa shape index (κ3) is 6.63. The van der Waals surface area contributed by atoms with Crippen molar-refractivity contribution in [2.45, 2.75) is 90.1 Å². The number of anilines is 1. The number of nitrogens with one attached hydrogen (secondary N) is 2. The monoisotopic (exact) mass is 488 g/mol. The van der Waals surface area contributed by atoms with Gasteiger partial charge in [-0.2, -0.15) is 4.98 Å². The van der Waals surface area contributed by atoms with E-state index in [1.54, 1.807) is 0 Å². The largest absolute Gasteiger partial charge is 0.343 e. The van der Waals surface area contributed by atoms with Crippen LogP contribution in [0.25, 0.3) is 0 Å². The zero-order valence-corrected chi connectivity index (χ0v) is 21.1. The Hall–Kier alpha value is -2.33. The van der Waals surface area contributed by atoms with Gasteiger partial charge in [-0.15, -0.1) is 11.3 Å². The summed E-state index contributed by atoms with van der Waals surface area (Å²) in [4.78, 5) is 35.9. The first-order chi connectivity index (χ1) is 16.4. The molecule has 2 N–H and O–H groups in total. The Balaban J connectivity index is 1.29. The molecule has 2 aliphatic rings. The van der Waals surface area contributed by atoms with E-state index in [1.807, 2.05) is 5.38 Å². The van der Waals surface area contributed by atoms with Crippen molar-refractivity contribution in [2.24, 2.45) is 5.92 Å². The van der Waals surface area contributed by atoms with Gasteiger partial charge in [-0.25, -0.2) is 4.98 Å². The van der Waals surface area contributed by atoms with Crippen LogP contribution in [0.1, 0.15) is 89.0 Å². The number of amides is 2. The van der Waals surface area contributed by atoms with Crippen LogP contribution in [0.4, 0.5) is 5.13 Å². The number of likely N-dealkylation sites (tertiary alicyclic amines) is 1. The van der Waals surface area contributed by atoms with Crippen molar-refractivity contribution in [3.05, 3.63) is 22.8 Å². The quantitative estimate of drug-likeness (QED) is 0.540. The van der Waals surface area contributed by atoms with Crippen LogP contribution in [0, 0.1) is 5.92 Å². The maximum absolute atomic E-state index is 12.5. The molecule has 10 heteroatoms. The zero-order chi connectivity index (χ0) is 24.0. The summed E-state index contributed by atoms with van der Waals surface area (Å²) in [7, 11) is 0. The highest BCUT2D eigenvalue weighted by atomic mass is 32.1. The number of hydrogen-bond acceptors (Lipinski definition) is 8. The topological polar surface area (TPSA) is 113 Å². The highest BCUT2D eigenvalue weighted by molar-refractivity contribution is 7.13. The van der Waals surface area contributed by atoms with Crippen molar-refractivity contribution in [3.8, 4) is 0 Å². The van der Waals surface area contributed by atoms with Crippen LogP contribution in [0.2, 0.25) is 0 Å². The molecule has 186 valence electrons. The minimum absolute atomic E-state index is 0.0924. The van der Waals surface area contributed by atoms with Crippen molar-refractivity contribution >= 4 is 28.3 Å². The van der Waals surface area contributed by atoms with Crippen LogP contribution in [0.15, 0.2) is 9.90 Å². The molecule has 1 aliphatic carbocycles. The Morgan fingerprint density at radius 3 is 2.74 bits per heavy atom. The van der Waals surface area contributed by atoms with Crippen LogP contribution in [0.3, 0.4) is 0 Å². The number of aromatic nitrogens is 3. The Morgan fingerprint density at radius 2 is 2.00 bits per heavy atom. The summed E-state index contributed by atoms with van der Waals surface area (Å²) in [6, 6.07) is 0. The van der Waals surface area contributed by atoms with Crippen LogP contribution >= 0.6 is 11.3 Å². The van der Waals surface area contributed by atoms with Crippen LogP contribution < -0.4 is 10.6 Å². The predicted octanol–water partition coefficient (Wildman–Crippen LogP) is 4.01. The first-order valence-electron chi connectivity index (χ1n) is 12.5. The molecule has 34 heavy (non-hydrogen) atoms. The first kappa shape index (κ1) is 24.8. The number of thiazole rings is 1. The molecule has 1 saturated heterocycles. The molecule has 1 unspecified atom stereocenters. The van der Waals surface area contributed by atoms with Gasteiger partial charge in [0.2, 0.25) is 17.7 Å². The third-order valence-electron chi connectivity index (χ3n) is 6.76. The van der Waals surface area contributed by atoms with E-state index in [0.29, 0.717) is 23.3 Å². The standard InChI is InChI=1S/C24H36N6O3S/c1-17-8-7-13-30(14-17)15-19-16-34-23(25-19)26-20(32)9-10-21-27-22(29-33-21)24(28-18(2)31)11-5-3-4-6-12-24/h16-17H,3-15H2,1-2H3,(H,28,31)(H,25,26,32). The number of nitrogens with zero attached hydrogens (tertiary/aromatic N) is 4. The second kappa shape index (κ2) is 11.4. The van der Waals surface area contributed by atoms with E-state index in [2.05, 4.69) is 37.6 Å². The Bertz CT molecular complexity index is 966. The number of aryl methyl sites for hydroxylation is 1. The predicted molar refractivity (Wildman–Crippen MR) is 130 cm³/mol. The maximum atomic E-state index is 12.5. The lowest BCUT2D eigenvalue weighted by Gasteiger charge is -2.30. The van der Waals surface area contributed by atoms with E-state index < -0.39 is 5.54 Å². The second-order valence-corrected chi connectivity index (χ2v) is 10.7. The molecular formula is C24H36N6O3S. The van der Waals surface area contributed by atoms with Gasteiger partial charge in [0.15, 0.2) is 11.0 Å². The fourth-order valence-corrected chi connectivity index (χ4v) is 5.84. The molecule has 0 spiro atoms. The van der Waals surface area contributed by atoms with Gasteiger partial charge in [-0.3, -0.25) is 14.5 Å². The van der Waals surface area contributed by atoms with Gasteiger partial charge in [0, 0.05) is 38.2 Å². The number of carbonyl (C=O) groups excluding carboxylic acids is 2. The fraction of sp³-hybridized carbons (Fsp3) is 0.708. The lowest BCUT2D eigenvalue weighted by Crippen LogP contribution is -2.45. The fourth-order valence-electron chi connectivity index (χ4n) is 5.12. The normalized spacial score (nSPS) is 21.1. The summed E-state index contributed by atoms with van der Waals surface area (Å²) in [5.41, 5.74) is 0.429. The van der Waals surface area contributed by atoms with Crippen molar-refractivity contribution in [1.82, 2.24) is 25.3 Å². The molecular weight excluding hydrogens is 452 g/mol. The highest BCUT2D eigenvalue weighted by Crippen LogP contribution is 2.34. The Morgan fingerprint density at radius 1 is 1.21 bits per heavy atom. The molecule has 0 bridgehead atoms. The van der Waals surface area contributed by atoms with Gasteiger partial charge in [-0.05, 0) is 38.1 Å². The average molecular weight is 489 g/mol. The van der Waals surface area contributed by atoms with E-state index in [-0.39, 0.29) is 18.2 Å². The molecule has 3 heterocycles. The highest BCUT2D eigenvalue weighted by Gasteiger charge is 2.38. The number of carbonyl (C=O) groups is 2. The lowest BCUT2D eigenvalue weighted by atomic mass is 9.89. The summed E-state index contributed by atoms with van der Waals surface area (Å²) in [6.07, 6.45) is 9.01. The van der Waals surface area contributed by atoms with Gasteiger partial charge >= 0.3 is 0 Å². The second-order valence-electron chi connectivity index (χ2n) is 9.86.